The molecule has 1 fully saturated rings. The molecule has 0 atom stereocenters. The van der Waals surface area contributed by atoms with Crippen molar-refractivity contribution in [3.05, 3.63) is 35.7 Å². The molecule has 25 heavy (non-hydrogen) atoms. The molecule has 3 N–H and O–H groups in total. The van der Waals surface area contributed by atoms with E-state index >= 15 is 0 Å². The molecule has 2 heterocycles. The first-order valence-corrected chi connectivity index (χ1v) is 8.68. The maximum atomic E-state index is 12.2. The fraction of sp³-hybridized carbons (Fsp3) is 0.500. The number of likely N-dealkylation sites (N-methyl/N-ethyl adjacent to an activating group) is 1. The topological polar surface area (TPSA) is 94.6 Å². The lowest BCUT2D eigenvalue weighted by molar-refractivity contribution is -0.126. The number of nitrogens with zero attached hydrogens (tertiary/aromatic N) is 2. The van der Waals surface area contributed by atoms with Gasteiger partial charge in [0, 0.05) is 25.8 Å². The van der Waals surface area contributed by atoms with Crippen molar-refractivity contribution in [1.29, 1.82) is 0 Å². The van der Waals surface area contributed by atoms with E-state index in [0.717, 1.165) is 31.5 Å². The number of amides is 2. The molecule has 1 saturated carbocycles. The number of rotatable bonds is 5. The number of aromatic nitrogens is 1. The molecule has 2 amide bonds. The Balaban J connectivity index is 1.42. The first-order valence-electron chi connectivity index (χ1n) is 8.68. The highest BCUT2D eigenvalue weighted by Gasteiger charge is 2.32. The normalized spacial score (nSPS) is 23.7. The molecule has 2 aliphatic rings. The summed E-state index contributed by atoms with van der Waals surface area (Å²) in [6.07, 6.45) is 5.89. The van der Waals surface area contributed by atoms with Gasteiger partial charge in [0.05, 0.1) is 12.1 Å². The SMILES string of the molecule is CN1CC(C(=O)NC[C@H]2CC[C@H](Nc3ccccn3)CC2)=C(O)C1=O. The van der Waals surface area contributed by atoms with Crippen molar-refractivity contribution in [1.82, 2.24) is 15.2 Å². The van der Waals surface area contributed by atoms with Crippen molar-refractivity contribution in [2.45, 2.75) is 31.7 Å². The number of aliphatic hydroxyl groups excluding tert-OH is 1. The molecular formula is C18H24N4O3. The van der Waals surface area contributed by atoms with Crippen molar-refractivity contribution >= 4 is 17.6 Å². The van der Waals surface area contributed by atoms with Crippen LogP contribution in [0, 0.1) is 5.92 Å². The van der Waals surface area contributed by atoms with E-state index in [0.29, 0.717) is 18.5 Å². The Kier molecular flexibility index (Phi) is 5.21. The number of hydrogen-bond donors (Lipinski definition) is 3. The van der Waals surface area contributed by atoms with Gasteiger partial charge < -0.3 is 20.6 Å². The third-order valence-electron chi connectivity index (χ3n) is 4.92. The number of hydrogen-bond acceptors (Lipinski definition) is 5. The van der Waals surface area contributed by atoms with E-state index in [1.807, 2.05) is 18.2 Å². The molecule has 7 heteroatoms. The van der Waals surface area contributed by atoms with Gasteiger partial charge in [-0.15, -0.1) is 0 Å². The summed E-state index contributed by atoms with van der Waals surface area (Å²) in [6.45, 7) is 0.737. The minimum atomic E-state index is -0.494. The van der Waals surface area contributed by atoms with E-state index < -0.39 is 11.7 Å². The van der Waals surface area contributed by atoms with Crippen LogP contribution in [0.15, 0.2) is 35.7 Å². The van der Waals surface area contributed by atoms with Crippen LogP contribution in [0.4, 0.5) is 5.82 Å². The maximum absolute atomic E-state index is 12.2. The first kappa shape index (κ1) is 17.3. The fourth-order valence-electron chi connectivity index (χ4n) is 3.38. The number of carbonyl (C=O) groups excluding carboxylic acids is 2. The lowest BCUT2D eigenvalue weighted by Gasteiger charge is -2.29. The molecule has 7 nitrogen and oxygen atoms in total. The van der Waals surface area contributed by atoms with Crippen LogP contribution in [-0.2, 0) is 9.59 Å². The number of aliphatic hydroxyl groups is 1. The second-order valence-corrected chi connectivity index (χ2v) is 6.78. The summed E-state index contributed by atoms with van der Waals surface area (Å²) >= 11 is 0. The average Bonchev–Trinajstić information content (AvgIpc) is 2.89. The van der Waals surface area contributed by atoms with Gasteiger partial charge >= 0.3 is 0 Å². The van der Waals surface area contributed by atoms with Crippen LogP contribution in [0.2, 0.25) is 0 Å². The van der Waals surface area contributed by atoms with Crippen molar-refractivity contribution in [2.24, 2.45) is 5.92 Å². The molecule has 1 aromatic heterocycles. The molecule has 1 aliphatic heterocycles. The van der Waals surface area contributed by atoms with Crippen molar-refractivity contribution in [3.8, 4) is 0 Å². The van der Waals surface area contributed by atoms with Crippen LogP contribution in [-0.4, -0.2) is 53.0 Å². The van der Waals surface area contributed by atoms with Gasteiger partial charge in [-0.3, -0.25) is 9.59 Å². The molecule has 134 valence electrons. The quantitative estimate of drug-likeness (QED) is 0.752. The molecule has 3 rings (SSSR count). The molecule has 0 radical (unpaired) electrons. The Morgan fingerprint density at radius 3 is 2.68 bits per heavy atom. The van der Waals surface area contributed by atoms with Crippen molar-refractivity contribution in [2.75, 3.05) is 25.5 Å². The summed E-state index contributed by atoms with van der Waals surface area (Å²) in [5, 5.41) is 16.0. The van der Waals surface area contributed by atoms with Crippen LogP contribution >= 0.6 is 0 Å². The highest BCUT2D eigenvalue weighted by molar-refractivity contribution is 6.06. The zero-order chi connectivity index (χ0) is 17.8. The summed E-state index contributed by atoms with van der Waals surface area (Å²) in [7, 11) is 1.56. The van der Waals surface area contributed by atoms with Crippen LogP contribution in [0.1, 0.15) is 25.7 Å². The van der Waals surface area contributed by atoms with Crippen LogP contribution < -0.4 is 10.6 Å². The van der Waals surface area contributed by atoms with Crippen LogP contribution in [0.25, 0.3) is 0 Å². The summed E-state index contributed by atoms with van der Waals surface area (Å²) < 4.78 is 0. The zero-order valence-electron chi connectivity index (χ0n) is 14.4. The number of anilines is 1. The van der Waals surface area contributed by atoms with E-state index in [-0.39, 0.29) is 18.0 Å². The molecule has 0 aromatic carbocycles. The molecule has 1 aromatic rings. The van der Waals surface area contributed by atoms with Gasteiger partial charge in [-0.1, -0.05) is 6.07 Å². The first-order chi connectivity index (χ1) is 12.0. The predicted molar refractivity (Wildman–Crippen MR) is 93.9 cm³/mol. The number of pyridine rings is 1. The average molecular weight is 344 g/mol. The highest BCUT2D eigenvalue weighted by Crippen LogP contribution is 2.26. The molecular weight excluding hydrogens is 320 g/mol. The second-order valence-electron chi connectivity index (χ2n) is 6.78. The van der Waals surface area contributed by atoms with Crippen LogP contribution in [0.3, 0.4) is 0 Å². The lowest BCUT2D eigenvalue weighted by atomic mass is 9.86. The second kappa shape index (κ2) is 7.55. The predicted octanol–water partition coefficient (Wildman–Crippen LogP) is 1.45. The van der Waals surface area contributed by atoms with E-state index in [9.17, 15) is 14.7 Å². The third-order valence-corrected chi connectivity index (χ3v) is 4.92. The Bertz CT molecular complexity index is 666. The van der Waals surface area contributed by atoms with Crippen molar-refractivity contribution < 1.29 is 14.7 Å². The summed E-state index contributed by atoms with van der Waals surface area (Å²) in [5.41, 5.74) is 0.165. The summed E-state index contributed by atoms with van der Waals surface area (Å²) in [4.78, 5) is 29.3. The monoisotopic (exact) mass is 344 g/mol. The molecule has 1 aliphatic carbocycles. The van der Waals surface area contributed by atoms with Gasteiger partial charge in [0.15, 0.2) is 5.76 Å². The number of carbonyl (C=O) groups is 2. The van der Waals surface area contributed by atoms with E-state index in [4.69, 9.17) is 0 Å². The van der Waals surface area contributed by atoms with Gasteiger partial charge in [-0.2, -0.15) is 0 Å². The molecule has 0 unspecified atom stereocenters. The lowest BCUT2D eigenvalue weighted by Crippen LogP contribution is -2.35. The Hall–Kier alpha value is -2.57. The Morgan fingerprint density at radius 1 is 1.32 bits per heavy atom. The maximum Gasteiger partial charge on any atom is 0.289 e. The summed E-state index contributed by atoms with van der Waals surface area (Å²) in [6, 6.07) is 6.24. The number of nitrogens with one attached hydrogen (secondary N) is 2. The smallest absolute Gasteiger partial charge is 0.289 e. The van der Waals surface area contributed by atoms with E-state index in [1.54, 1.807) is 13.2 Å². The van der Waals surface area contributed by atoms with E-state index in [2.05, 4.69) is 15.6 Å². The van der Waals surface area contributed by atoms with E-state index in [1.165, 1.54) is 4.90 Å². The van der Waals surface area contributed by atoms with Crippen LogP contribution in [0.5, 0.6) is 0 Å². The van der Waals surface area contributed by atoms with Crippen molar-refractivity contribution in [3.63, 3.8) is 0 Å². The largest absolute Gasteiger partial charge is 0.503 e. The van der Waals surface area contributed by atoms with Gasteiger partial charge in [0.25, 0.3) is 11.8 Å². The fourth-order valence-corrected chi connectivity index (χ4v) is 3.38. The minimum Gasteiger partial charge on any atom is -0.503 e. The molecule has 0 bridgehead atoms. The third kappa shape index (κ3) is 4.10. The highest BCUT2D eigenvalue weighted by atomic mass is 16.3. The minimum absolute atomic E-state index is 0.164. The van der Waals surface area contributed by atoms with Gasteiger partial charge in [0.1, 0.15) is 5.82 Å². The van der Waals surface area contributed by atoms with Gasteiger partial charge in [-0.25, -0.2) is 4.98 Å². The molecule has 0 saturated heterocycles. The zero-order valence-corrected chi connectivity index (χ0v) is 14.4. The Morgan fingerprint density at radius 2 is 2.08 bits per heavy atom. The molecule has 0 spiro atoms. The summed E-state index contributed by atoms with van der Waals surface area (Å²) in [5.74, 6) is 0.0541. The van der Waals surface area contributed by atoms with Gasteiger partial charge in [0.2, 0.25) is 0 Å². The Labute approximate surface area is 147 Å². The van der Waals surface area contributed by atoms with Gasteiger partial charge in [-0.05, 0) is 43.7 Å². The standard InChI is InChI=1S/C18H24N4O3/c1-22-11-14(16(23)18(22)25)17(24)20-10-12-5-7-13(8-6-12)21-15-4-2-3-9-19-15/h2-4,9,12-13,23H,5-8,10-11H2,1H3,(H,19,21)(H,20,24)/t12-,13-.